The van der Waals surface area contributed by atoms with E-state index in [1.54, 1.807) is 18.2 Å². The number of aromatic nitrogens is 1. The topological polar surface area (TPSA) is 88.3 Å². The summed E-state index contributed by atoms with van der Waals surface area (Å²) in [7, 11) is 1.31. The minimum atomic E-state index is -0.736. The van der Waals surface area contributed by atoms with Crippen molar-refractivity contribution in [2.75, 3.05) is 26.9 Å². The highest BCUT2D eigenvalue weighted by molar-refractivity contribution is 7.07. The Kier molecular flexibility index (Phi) is 7.90. The Morgan fingerprint density at radius 1 is 1.03 bits per heavy atom. The van der Waals surface area contributed by atoms with E-state index in [0.29, 0.717) is 46.2 Å². The van der Waals surface area contributed by atoms with Crippen molar-refractivity contribution in [3.63, 3.8) is 0 Å². The zero-order chi connectivity index (χ0) is 25.7. The van der Waals surface area contributed by atoms with Crippen molar-refractivity contribution >= 4 is 23.4 Å². The molecule has 9 heteroatoms. The number of fused-ring (bicyclic) bond motifs is 1. The second kappa shape index (κ2) is 11.3. The van der Waals surface area contributed by atoms with Crippen molar-refractivity contribution in [1.82, 2.24) is 4.57 Å². The monoisotopic (exact) mass is 508 g/mol. The Labute approximate surface area is 212 Å². The predicted molar refractivity (Wildman–Crippen MR) is 138 cm³/mol. The molecule has 1 aliphatic heterocycles. The van der Waals surface area contributed by atoms with E-state index in [2.05, 4.69) is 4.99 Å². The largest absolute Gasteiger partial charge is 0.494 e. The minimum absolute atomic E-state index is 0.251. The summed E-state index contributed by atoms with van der Waals surface area (Å²) < 4.78 is 24.1. The number of esters is 1. The minimum Gasteiger partial charge on any atom is -0.494 e. The highest BCUT2D eigenvalue weighted by atomic mass is 32.1. The molecule has 2 aromatic carbocycles. The maximum absolute atomic E-state index is 13.7. The van der Waals surface area contributed by atoms with Gasteiger partial charge in [-0.25, -0.2) is 9.79 Å². The quantitative estimate of drug-likeness (QED) is 0.413. The number of methoxy groups -OCH3 is 1. The first-order valence-corrected chi connectivity index (χ1v) is 12.5. The smallest absolute Gasteiger partial charge is 0.337 e. The van der Waals surface area contributed by atoms with Crippen molar-refractivity contribution in [2.45, 2.75) is 26.8 Å². The molecule has 1 aliphatic rings. The number of benzene rings is 2. The lowest BCUT2D eigenvalue weighted by atomic mass is 9.97. The molecule has 2 heterocycles. The van der Waals surface area contributed by atoms with Crippen LogP contribution in [0.25, 0.3) is 6.08 Å². The van der Waals surface area contributed by atoms with Gasteiger partial charge in [0.25, 0.3) is 5.56 Å². The average molecular weight is 509 g/mol. The maximum Gasteiger partial charge on any atom is 0.337 e. The van der Waals surface area contributed by atoms with Gasteiger partial charge in [0, 0.05) is 6.20 Å². The third-order valence-corrected chi connectivity index (χ3v) is 6.47. The fourth-order valence-electron chi connectivity index (χ4n) is 4.00. The fraction of sp³-hybridized carbons (Fsp3) is 0.296. The molecule has 36 heavy (non-hydrogen) atoms. The molecule has 3 aromatic rings. The van der Waals surface area contributed by atoms with Gasteiger partial charge in [-0.05, 0) is 62.2 Å². The van der Waals surface area contributed by atoms with Crippen LogP contribution in [0.1, 0.15) is 37.9 Å². The number of nitrogens with zero attached hydrogens (tertiary/aromatic N) is 2. The SMILES string of the molecule is CCOc1cccc(/C=c2/sc3n(c2=O)[C@@H](c2ccc(OCC)c(OCC)c2)C(C(=O)OC)=CN=3)c1. The Bertz CT molecular complexity index is 1470. The van der Waals surface area contributed by atoms with Crippen LogP contribution in [0, 0.1) is 0 Å². The first-order valence-electron chi connectivity index (χ1n) is 11.7. The van der Waals surface area contributed by atoms with E-state index < -0.39 is 12.0 Å². The standard InChI is InChI=1S/C27H28N2O6S/c1-5-33-19-10-8-9-17(13-19)14-23-25(30)29-24(20(26(31)32-4)16-28-27(29)36-23)18-11-12-21(34-6-2)22(15-18)35-7-3/h8-16,24H,5-7H2,1-4H3/b23-14+/t24-/m0/s1. The van der Waals surface area contributed by atoms with Crippen LogP contribution in [-0.4, -0.2) is 37.5 Å². The highest BCUT2D eigenvalue weighted by Crippen LogP contribution is 2.35. The van der Waals surface area contributed by atoms with Crippen molar-refractivity contribution < 1.29 is 23.7 Å². The molecule has 1 aromatic heterocycles. The van der Waals surface area contributed by atoms with E-state index >= 15 is 0 Å². The van der Waals surface area contributed by atoms with Gasteiger partial charge in [-0.15, -0.1) is 0 Å². The Morgan fingerprint density at radius 2 is 1.78 bits per heavy atom. The van der Waals surface area contributed by atoms with Crippen LogP contribution in [-0.2, 0) is 9.53 Å². The molecule has 0 spiro atoms. The summed E-state index contributed by atoms with van der Waals surface area (Å²) in [4.78, 5) is 31.3. The number of carbonyl (C=O) groups is 1. The molecule has 188 valence electrons. The van der Waals surface area contributed by atoms with Crippen LogP contribution in [0.5, 0.6) is 17.2 Å². The molecular weight excluding hydrogens is 480 g/mol. The van der Waals surface area contributed by atoms with Gasteiger partial charge in [0.05, 0.1) is 43.1 Å². The molecule has 0 fully saturated rings. The van der Waals surface area contributed by atoms with Crippen molar-refractivity contribution in [1.29, 1.82) is 0 Å². The predicted octanol–water partition coefficient (Wildman–Crippen LogP) is 3.21. The number of thiazole rings is 1. The fourth-order valence-corrected chi connectivity index (χ4v) is 4.97. The molecular formula is C27H28N2O6S. The van der Waals surface area contributed by atoms with Gasteiger partial charge in [0.2, 0.25) is 0 Å². The molecule has 0 aliphatic carbocycles. The van der Waals surface area contributed by atoms with E-state index in [0.717, 1.165) is 11.3 Å². The molecule has 8 nitrogen and oxygen atoms in total. The third kappa shape index (κ3) is 5.06. The van der Waals surface area contributed by atoms with E-state index in [9.17, 15) is 9.59 Å². The van der Waals surface area contributed by atoms with Gasteiger partial charge in [-0.3, -0.25) is 9.36 Å². The van der Waals surface area contributed by atoms with E-state index in [1.807, 2.05) is 51.1 Å². The lowest BCUT2D eigenvalue weighted by molar-refractivity contribution is -0.136. The van der Waals surface area contributed by atoms with E-state index in [-0.39, 0.29) is 11.1 Å². The van der Waals surface area contributed by atoms with Crippen LogP contribution in [0.15, 0.2) is 64.0 Å². The van der Waals surface area contributed by atoms with Crippen molar-refractivity contribution in [2.24, 2.45) is 4.99 Å². The average Bonchev–Trinajstić information content (AvgIpc) is 3.19. The Hall–Kier alpha value is -3.85. The summed E-state index contributed by atoms with van der Waals surface area (Å²) in [6.45, 7) is 7.16. The van der Waals surface area contributed by atoms with Gasteiger partial charge in [0.1, 0.15) is 5.75 Å². The number of carbonyl (C=O) groups excluding carboxylic acids is 1. The number of rotatable bonds is 9. The lowest BCUT2D eigenvalue weighted by Crippen LogP contribution is -2.39. The molecule has 0 radical (unpaired) electrons. The summed E-state index contributed by atoms with van der Waals surface area (Å²) in [5.74, 6) is 1.29. The first kappa shape index (κ1) is 25.2. The summed E-state index contributed by atoms with van der Waals surface area (Å²) in [5.41, 5.74) is 1.50. The van der Waals surface area contributed by atoms with Gasteiger partial charge < -0.3 is 18.9 Å². The zero-order valence-electron chi connectivity index (χ0n) is 20.6. The first-order chi connectivity index (χ1) is 17.5. The molecule has 0 amide bonds. The maximum atomic E-state index is 13.7. The molecule has 0 bridgehead atoms. The van der Waals surface area contributed by atoms with Crippen molar-refractivity contribution in [3.8, 4) is 17.2 Å². The second-order valence-electron chi connectivity index (χ2n) is 7.75. The highest BCUT2D eigenvalue weighted by Gasteiger charge is 2.31. The summed E-state index contributed by atoms with van der Waals surface area (Å²) in [6.07, 6.45) is 3.27. The van der Waals surface area contributed by atoms with E-state index in [4.69, 9.17) is 18.9 Å². The third-order valence-electron chi connectivity index (χ3n) is 5.47. The van der Waals surface area contributed by atoms with Crippen LogP contribution < -0.4 is 29.1 Å². The lowest BCUT2D eigenvalue weighted by Gasteiger charge is -2.23. The van der Waals surface area contributed by atoms with Crippen molar-refractivity contribution in [3.05, 3.63) is 85.1 Å². The molecule has 1 atom stereocenters. The molecule has 0 saturated heterocycles. The van der Waals surface area contributed by atoms with Gasteiger partial charge in [0.15, 0.2) is 16.3 Å². The molecule has 0 N–H and O–H groups in total. The Morgan fingerprint density at radius 3 is 2.50 bits per heavy atom. The van der Waals surface area contributed by atoms with Crippen LogP contribution >= 0.6 is 11.3 Å². The normalized spacial score (nSPS) is 14.9. The van der Waals surface area contributed by atoms with Crippen LogP contribution in [0.2, 0.25) is 0 Å². The second-order valence-corrected chi connectivity index (χ2v) is 8.76. The Balaban J connectivity index is 1.88. The summed E-state index contributed by atoms with van der Waals surface area (Å²) in [5, 5.41) is 0. The van der Waals surface area contributed by atoms with Crippen LogP contribution in [0.4, 0.5) is 0 Å². The van der Waals surface area contributed by atoms with Gasteiger partial charge in [-0.1, -0.05) is 29.5 Å². The number of hydrogen-bond donors (Lipinski definition) is 0. The number of hydrogen-bond acceptors (Lipinski definition) is 8. The van der Waals surface area contributed by atoms with E-state index in [1.165, 1.54) is 29.2 Å². The summed E-state index contributed by atoms with van der Waals surface area (Å²) >= 11 is 1.26. The number of ether oxygens (including phenoxy) is 4. The van der Waals surface area contributed by atoms with Gasteiger partial charge in [-0.2, -0.15) is 0 Å². The molecule has 0 saturated carbocycles. The zero-order valence-corrected chi connectivity index (χ0v) is 21.5. The molecule has 4 rings (SSSR count). The molecule has 0 unspecified atom stereocenters. The van der Waals surface area contributed by atoms with Gasteiger partial charge >= 0.3 is 5.97 Å². The van der Waals surface area contributed by atoms with Crippen LogP contribution in [0.3, 0.4) is 0 Å². The summed E-state index contributed by atoms with van der Waals surface area (Å²) in [6, 6.07) is 12.2.